The molecule has 0 fully saturated rings. The van der Waals surface area contributed by atoms with Crippen LogP contribution >= 0.6 is 22.9 Å². The highest BCUT2D eigenvalue weighted by atomic mass is 35.5. The Morgan fingerprint density at radius 2 is 2.06 bits per heavy atom. The minimum Gasteiger partial charge on any atom is -0.311 e. The van der Waals surface area contributed by atoms with Crippen molar-refractivity contribution in [3.05, 3.63) is 57.2 Å². The molecule has 0 aliphatic heterocycles. The van der Waals surface area contributed by atoms with Gasteiger partial charge in [-0.05, 0) is 17.5 Å². The third-order valence-corrected chi connectivity index (χ3v) is 4.02. The van der Waals surface area contributed by atoms with E-state index < -0.39 is 0 Å². The van der Waals surface area contributed by atoms with Crippen LogP contribution in [0.3, 0.4) is 0 Å². The van der Waals surface area contributed by atoms with Gasteiger partial charge in [-0.3, -0.25) is 0 Å². The van der Waals surface area contributed by atoms with Gasteiger partial charge in [-0.25, -0.2) is 0 Å². The summed E-state index contributed by atoms with van der Waals surface area (Å²) in [5.41, 5.74) is 1.38. The van der Waals surface area contributed by atoms with E-state index in [1.165, 1.54) is 10.4 Å². The molecule has 1 nitrogen and oxygen atoms in total. The van der Waals surface area contributed by atoms with Crippen LogP contribution in [0, 0.1) is 0 Å². The lowest BCUT2D eigenvalue weighted by Crippen LogP contribution is -2.19. The molecule has 0 aliphatic rings. The molecule has 0 aliphatic carbocycles. The molecule has 0 spiro atoms. The maximum atomic E-state index is 5.88. The molecule has 2 aromatic rings. The van der Waals surface area contributed by atoms with Crippen molar-refractivity contribution >= 4 is 22.9 Å². The summed E-state index contributed by atoms with van der Waals surface area (Å²) >= 11 is 7.58. The molecule has 1 N–H and O–H groups in total. The molecule has 2 rings (SSSR count). The summed E-state index contributed by atoms with van der Waals surface area (Å²) in [6.45, 7) is 4.12. The summed E-state index contributed by atoms with van der Waals surface area (Å²) in [4.78, 5) is 1.29. The van der Waals surface area contributed by atoms with Gasteiger partial charge in [0.2, 0.25) is 0 Å². The Labute approximate surface area is 111 Å². The maximum absolute atomic E-state index is 5.88. The number of thiophene rings is 1. The zero-order chi connectivity index (χ0) is 12.1. The zero-order valence-electron chi connectivity index (χ0n) is 9.82. The first-order valence-corrected chi connectivity index (χ1v) is 7.00. The van der Waals surface area contributed by atoms with Crippen molar-refractivity contribution in [1.82, 2.24) is 5.32 Å². The molecule has 0 amide bonds. The van der Waals surface area contributed by atoms with Crippen molar-refractivity contribution < 1.29 is 0 Å². The zero-order valence-corrected chi connectivity index (χ0v) is 11.4. The lowest BCUT2D eigenvalue weighted by atomic mass is 10.0. The molecular weight excluding hydrogens is 250 g/mol. The third-order valence-electron chi connectivity index (χ3n) is 2.74. The predicted molar refractivity (Wildman–Crippen MR) is 75.9 cm³/mol. The molecule has 0 saturated carbocycles. The van der Waals surface area contributed by atoms with Crippen molar-refractivity contribution in [3.63, 3.8) is 0 Å². The second-order valence-corrected chi connectivity index (χ2v) is 5.61. The average molecular weight is 266 g/mol. The van der Waals surface area contributed by atoms with E-state index >= 15 is 0 Å². The molecule has 3 heteroatoms. The fourth-order valence-corrected chi connectivity index (χ4v) is 2.80. The number of rotatable bonds is 5. The minimum atomic E-state index is 0.534. The second kappa shape index (κ2) is 6.20. The normalized spacial score (nSPS) is 12.6. The van der Waals surface area contributed by atoms with Crippen molar-refractivity contribution in [2.75, 3.05) is 6.54 Å². The van der Waals surface area contributed by atoms with Gasteiger partial charge in [0.25, 0.3) is 0 Å². The minimum absolute atomic E-state index is 0.534. The van der Waals surface area contributed by atoms with Gasteiger partial charge in [0.1, 0.15) is 0 Å². The number of halogens is 1. The highest BCUT2D eigenvalue weighted by Gasteiger charge is 2.04. The summed E-state index contributed by atoms with van der Waals surface area (Å²) in [6, 6.07) is 12.6. The standard InChI is InChI=1S/C14H16ClNS/c1-11(12-5-3-2-4-6-12)8-16-9-14-7-13(15)10-17-14/h2-7,10-11,16H,8-9H2,1H3. The summed E-state index contributed by atoms with van der Waals surface area (Å²) in [6.07, 6.45) is 0. The monoisotopic (exact) mass is 265 g/mol. The first-order valence-electron chi connectivity index (χ1n) is 5.74. The number of nitrogens with one attached hydrogen (secondary N) is 1. The van der Waals surface area contributed by atoms with Gasteiger partial charge < -0.3 is 5.32 Å². The molecule has 1 heterocycles. The van der Waals surface area contributed by atoms with Gasteiger partial charge in [-0.1, -0.05) is 48.9 Å². The Bertz CT molecular complexity index is 452. The lowest BCUT2D eigenvalue weighted by Gasteiger charge is -2.12. The molecule has 1 atom stereocenters. The van der Waals surface area contributed by atoms with Crippen LogP contribution < -0.4 is 5.32 Å². The lowest BCUT2D eigenvalue weighted by molar-refractivity contribution is 0.619. The topological polar surface area (TPSA) is 12.0 Å². The van der Waals surface area contributed by atoms with Crippen LogP contribution in [0.1, 0.15) is 23.3 Å². The Morgan fingerprint density at radius 3 is 2.71 bits per heavy atom. The van der Waals surface area contributed by atoms with Gasteiger partial charge in [-0.2, -0.15) is 0 Å². The molecule has 1 aromatic heterocycles. The van der Waals surface area contributed by atoms with Crippen LogP contribution in [0.2, 0.25) is 5.02 Å². The highest BCUT2D eigenvalue weighted by molar-refractivity contribution is 7.10. The molecule has 0 bridgehead atoms. The van der Waals surface area contributed by atoms with E-state index in [9.17, 15) is 0 Å². The van der Waals surface area contributed by atoms with Crippen LogP contribution in [0.15, 0.2) is 41.8 Å². The van der Waals surface area contributed by atoms with Crippen molar-refractivity contribution in [3.8, 4) is 0 Å². The predicted octanol–water partition coefficient (Wildman–Crippen LogP) is 4.29. The molecule has 1 unspecified atom stereocenters. The molecule has 0 saturated heterocycles. The Kier molecular flexibility index (Phi) is 4.60. The van der Waals surface area contributed by atoms with Crippen LogP contribution in [-0.4, -0.2) is 6.54 Å². The maximum Gasteiger partial charge on any atom is 0.0516 e. The summed E-state index contributed by atoms with van der Waals surface area (Å²) in [7, 11) is 0. The van der Waals surface area contributed by atoms with Crippen LogP contribution in [-0.2, 0) is 6.54 Å². The molecule has 0 radical (unpaired) electrons. The van der Waals surface area contributed by atoms with E-state index in [-0.39, 0.29) is 0 Å². The largest absolute Gasteiger partial charge is 0.311 e. The summed E-state index contributed by atoms with van der Waals surface area (Å²) in [5.74, 6) is 0.534. The van der Waals surface area contributed by atoms with Crippen LogP contribution in [0.5, 0.6) is 0 Å². The summed E-state index contributed by atoms with van der Waals surface area (Å²) < 4.78 is 0. The fourth-order valence-electron chi connectivity index (χ4n) is 1.76. The summed E-state index contributed by atoms with van der Waals surface area (Å²) in [5, 5.41) is 6.27. The molecular formula is C14H16ClNS. The number of hydrogen-bond donors (Lipinski definition) is 1. The van der Waals surface area contributed by atoms with Crippen molar-refractivity contribution in [2.45, 2.75) is 19.4 Å². The van der Waals surface area contributed by atoms with Gasteiger partial charge in [0, 0.05) is 23.3 Å². The fraction of sp³-hybridized carbons (Fsp3) is 0.286. The van der Waals surface area contributed by atoms with E-state index in [0.29, 0.717) is 5.92 Å². The van der Waals surface area contributed by atoms with E-state index in [1.54, 1.807) is 11.3 Å². The van der Waals surface area contributed by atoms with Gasteiger partial charge >= 0.3 is 0 Å². The van der Waals surface area contributed by atoms with Gasteiger partial charge in [-0.15, -0.1) is 11.3 Å². The SMILES string of the molecule is CC(CNCc1cc(Cl)cs1)c1ccccc1. The van der Waals surface area contributed by atoms with E-state index in [2.05, 4.69) is 42.6 Å². The highest BCUT2D eigenvalue weighted by Crippen LogP contribution is 2.19. The van der Waals surface area contributed by atoms with Crippen LogP contribution in [0.4, 0.5) is 0 Å². The van der Waals surface area contributed by atoms with Crippen LogP contribution in [0.25, 0.3) is 0 Å². The first-order chi connectivity index (χ1) is 8.25. The van der Waals surface area contributed by atoms with Gasteiger partial charge in [0.15, 0.2) is 0 Å². The molecule has 17 heavy (non-hydrogen) atoms. The van der Waals surface area contributed by atoms with Gasteiger partial charge in [0.05, 0.1) is 5.02 Å². The van der Waals surface area contributed by atoms with E-state index in [0.717, 1.165) is 18.1 Å². The van der Waals surface area contributed by atoms with Crippen molar-refractivity contribution in [1.29, 1.82) is 0 Å². The van der Waals surface area contributed by atoms with E-state index in [4.69, 9.17) is 11.6 Å². The third kappa shape index (κ3) is 3.84. The molecule has 1 aromatic carbocycles. The Hall–Kier alpha value is -0.830. The first kappa shape index (κ1) is 12.6. The number of hydrogen-bond acceptors (Lipinski definition) is 2. The molecule has 90 valence electrons. The van der Waals surface area contributed by atoms with Crippen molar-refractivity contribution in [2.24, 2.45) is 0 Å². The second-order valence-electron chi connectivity index (χ2n) is 4.17. The van der Waals surface area contributed by atoms with E-state index in [1.807, 2.05) is 11.4 Å². The number of benzene rings is 1. The quantitative estimate of drug-likeness (QED) is 0.850. The smallest absolute Gasteiger partial charge is 0.0516 e. The Morgan fingerprint density at radius 1 is 1.29 bits per heavy atom. The Balaban J connectivity index is 1.79. The average Bonchev–Trinajstić information content (AvgIpc) is 2.76.